The van der Waals surface area contributed by atoms with E-state index in [0.717, 1.165) is 54.1 Å². The minimum absolute atomic E-state index is 0.735. The Morgan fingerprint density at radius 2 is 1.52 bits per heavy atom. The van der Waals surface area contributed by atoms with Crippen LogP contribution in [0.15, 0.2) is 0 Å². The number of nitrogens with two attached hydrogens (primary N) is 1. The third-order valence-corrected chi connectivity index (χ3v) is 9.99. The predicted molar refractivity (Wildman–Crippen MR) is 148 cm³/mol. The number of hydrogen-bond donors (Lipinski definition) is 2. The summed E-state index contributed by atoms with van der Waals surface area (Å²) in [4.78, 5) is 0. The Kier molecular flexibility index (Phi) is 14.6. The van der Waals surface area contributed by atoms with Gasteiger partial charge in [-0.05, 0) is 87.0 Å². The summed E-state index contributed by atoms with van der Waals surface area (Å²) in [6.45, 7) is 13.3. The summed E-state index contributed by atoms with van der Waals surface area (Å²) < 4.78 is 0. The number of nitrogens with one attached hydrogen (secondary N) is 1. The lowest BCUT2D eigenvalue weighted by Crippen LogP contribution is -2.41. The first-order valence-electron chi connectivity index (χ1n) is 15.5. The van der Waals surface area contributed by atoms with E-state index in [-0.39, 0.29) is 0 Å². The van der Waals surface area contributed by atoms with E-state index in [1.165, 1.54) is 109 Å². The molecule has 7 atom stereocenters. The second kappa shape index (κ2) is 16.6. The highest BCUT2D eigenvalue weighted by molar-refractivity contribution is 4.86. The van der Waals surface area contributed by atoms with Crippen molar-refractivity contribution in [1.82, 2.24) is 5.32 Å². The van der Waals surface area contributed by atoms with Crippen molar-refractivity contribution in [3.05, 3.63) is 0 Å². The average molecular weight is 463 g/mol. The van der Waals surface area contributed by atoms with E-state index in [1.54, 1.807) is 0 Å². The van der Waals surface area contributed by atoms with Crippen molar-refractivity contribution in [3.63, 3.8) is 0 Å². The zero-order valence-corrected chi connectivity index (χ0v) is 23.4. The van der Waals surface area contributed by atoms with Crippen LogP contribution in [-0.2, 0) is 0 Å². The molecule has 2 fully saturated rings. The molecule has 0 saturated heterocycles. The van der Waals surface area contributed by atoms with E-state index in [1.807, 2.05) is 0 Å². The summed E-state index contributed by atoms with van der Waals surface area (Å²) in [6, 6.07) is 1.54. The van der Waals surface area contributed by atoms with E-state index >= 15 is 0 Å². The van der Waals surface area contributed by atoms with Crippen molar-refractivity contribution in [2.75, 3.05) is 6.54 Å². The van der Waals surface area contributed by atoms with Crippen LogP contribution in [0.25, 0.3) is 0 Å². The first-order valence-corrected chi connectivity index (χ1v) is 15.5. The van der Waals surface area contributed by atoms with Crippen LogP contribution in [0.5, 0.6) is 0 Å². The van der Waals surface area contributed by atoms with Crippen LogP contribution >= 0.6 is 0 Å². The van der Waals surface area contributed by atoms with Gasteiger partial charge in [0.25, 0.3) is 0 Å². The molecule has 0 radical (unpaired) electrons. The average Bonchev–Trinajstić information content (AvgIpc) is 2.85. The van der Waals surface area contributed by atoms with E-state index in [0.29, 0.717) is 0 Å². The highest BCUT2D eigenvalue weighted by Crippen LogP contribution is 2.44. The van der Waals surface area contributed by atoms with Crippen LogP contribution in [0, 0.1) is 35.5 Å². The van der Waals surface area contributed by atoms with Gasteiger partial charge >= 0.3 is 0 Å². The normalized spacial score (nSPS) is 27.1. The van der Waals surface area contributed by atoms with Gasteiger partial charge in [0.1, 0.15) is 0 Å². The summed E-state index contributed by atoms with van der Waals surface area (Å²) in [5, 5.41) is 4.08. The third-order valence-electron chi connectivity index (χ3n) is 9.99. The highest BCUT2D eigenvalue weighted by Gasteiger charge is 2.35. The zero-order valence-electron chi connectivity index (χ0n) is 23.4. The van der Waals surface area contributed by atoms with Crippen LogP contribution in [0.4, 0.5) is 0 Å². The van der Waals surface area contributed by atoms with Crippen molar-refractivity contribution >= 4 is 0 Å². The van der Waals surface area contributed by atoms with Crippen molar-refractivity contribution in [1.29, 1.82) is 0 Å². The third kappa shape index (κ3) is 9.83. The van der Waals surface area contributed by atoms with Crippen LogP contribution in [-0.4, -0.2) is 18.6 Å². The number of unbranched alkanes of at least 4 members (excludes halogenated alkanes) is 1. The summed E-state index contributed by atoms with van der Waals surface area (Å²) in [5.41, 5.74) is 5.91. The lowest BCUT2D eigenvalue weighted by atomic mass is 9.64. The maximum atomic E-state index is 5.91. The van der Waals surface area contributed by atoms with Gasteiger partial charge in [-0.3, -0.25) is 0 Å². The van der Waals surface area contributed by atoms with Gasteiger partial charge in [0.05, 0.1) is 0 Å². The molecule has 196 valence electrons. The Bertz CT molecular complexity index is 464. The molecule has 0 aromatic heterocycles. The Labute approximate surface area is 209 Å². The molecule has 33 heavy (non-hydrogen) atoms. The van der Waals surface area contributed by atoms with Crippen LogP contribution < -0.4 is 11.1 Å². The maximum Gasteiger partial charge on any atom is 0.00696 e. The fourth-order valence-corrected chi connectivity index (χ4v) is 7.77. The first-order chi connectivity index (χ1) is 16.0. The summed E-state index contributed by atoms with van der Waals surface area (Å²) >= 11 is 0. The molecule has 3 N–H and O–H groups in total. The van der Waals surface area contributed by atoms with Crippen LogP contribution in [0.1, 0.15) is 144 Å². The molecule has 0 aromatic rings. The lowest BCUT2D eigenvalue weighted by molar-refractivity contribution is 0.0865. The Hall–Kier alpha value is -0.0800. The monoisotopic (exact) mass is 462 g/mol. The zero-order chi connectivity index (χ0) is 24.1. The molecule has 0 heterocycles. The Morgan fingerprint density at radius 3 is 2.15 bits per heavy atom. The smallest absolute Gasteiger partial charge is 0.00696 e. The van der Waals surface area contributed by atoms with Crippen molar-refractivity contribution in [3.8, 4) is 0 Å². The fourth-order valence-electron chi connectivity index (χ4n) is 7.77. The van der Waals surface area contributed by atoms with Gasteiger partial charge in [-0.25, -0.2) is 0 Å². The van der Waals surface area contributed by atoms with Crippen LogP contribution in [0.3, 0.4) is 0 Å². The molecule has 0 bridgehead atoms. The maximum absolute atomic E-state index is 5.91. The Morgan fingerprint density at radius 1 is 0.818 bits per heavy atom. The quantitative estimate of drug-likeness (QED) is 0.240. The topological polar surface area (TPSA) is 38.0 Å². The largest absolute Gasteiger partial charge is 0.330 e. The lowest BCUT2D eigenvalue weighted by Gasteiger charge is -2.42. The molecule has 2 saturated carbocycles. The molecular formula is C31H62N2. The second-order valence-corrected chi connectivity index (χ2v) is 12.3. The van der Waals surface area contributed by atoms with Gasteiger partial charge in [0, 0.05) is 12.1 Å². The number of rotatable bonds is 16. The van der Waals surface area contributed by atoms with Crippen LogP contribution in [0.2, 0.25) is 0 Å². The predicted octanol–water partition coefficient (Wildman–Crippen LogP) is 8.73. The van der Waals surface area contributed by atoms with E-state index < -0.39 is 0 Å². The van der Waals surface area contributed by atoms with Crippen molar-refractivity contribution in [2.45, 2.75) is 156 Å². The van der Waals surface area contributed by atoms with Gasteiger partial charge in [0.15, 0.2) is 0 Å². The van der Waals surface area contributed by atoms with Crippen molar-refractivity contribution in [2.24, 2.45) is 41.2 Å². The molecule has 2 aliphatic carbocycles. The molecular weight excluding hydrogens is 400 g/mol. The molecule has 7 unspecified atom stereocenters. The number of hydrogen-bond acceptors (Lipinski definition) is 2. The fraction of sp³-hybridized carbons (Fsp3) is 1.00. The minimum Gasteiger partial charge on any atom is -0.330 e. The standard InChI is InChI=1S/C31H62N2/c1-6-9-15-26(18-14-21-32)25(5)31(8-3)28-17-13-16-27(23-28)24(4)22-29(7-2)33-30-19-11-10-12-20-30/h24-31,33H,6-23,32H2,1-5H3. The van der Waals surface area contributed by atoms with Gasteiger partial charge < -0.3 is 11.1 Å². The van der Waals surface area contributed by atoms with Crippen molar-refractivity contribution < 1.29 is 0 Å². The SMILES string of the molecule is CCCCC(CCCN)C(C)C(CC)C1CCCC(C(C)CC(CC)NC2CCCCC2)C1. The Balaban J connectivity index is 1.93. The molecule has 0 aliphatic heterocycles. The van der Waals surface area contributed by atoms with Gasteiger partial charge in [-0.2, -0.15) is 0 Å². The molecule has 0 spiro atoms. The van der Waals surface area contributed by atoms with E-state index in [2.05, 4.69) is 39.9 Å². The van der Waals surface area contributed by atoms with Gasteiger partial charge in [-0.15, -0.1) is 0 Å². The summed E-state index contributed by atoms with van der Waals surface area (Å²) in [6.07, 6.45) is 23.9. The summed E-state index contributed by atoms with van der Waals surface area (Å²) in [7, 11) is 0. The first kappa shape index (κ1) is 29.2. The minimum atomic E-state index is 0.735. The second-order valence-electron chi connectivity index (χ2n) is 12.3. The molecule has 2 rings (SSSR count). The molecule has 2 heteroatoms. The van der Waals surface area contributed by atoms with Gasteiger partial charge in [-0.1, -0.05) is 98.8 Å². The molecule has 2 nitrogen and oxygen atoms in total. The molecule has 0 aromatic carbocycles. The van der Waals surface area contributed by atoms with E-state index in [9.17, 15) is 0 Å². The molecule has 0 amide bonds. The summed E-state index contributed by atoms with van der Waals surface area (Å²) in [5.74, 6) is 5.45. The highest BCUT2D eigenvalue weighted by atomic mass is 14.9. The van der Waals surface area contributed by atoms with Gasteiger partial charge in [0.2, 0.25) is 0 Å². The molecule has 2 aliphatic rings. The van der Waals surface area contributed by atoms with E-state index in [4.69, 9.17) is 5.73 Å².